The molecule has 1 aromatic heterocycles. The lowest BCUT2D eigenvalue weighted by Gasteiger charge is -2.27. The van der Waals surface area contributed by atoms with Gasteiger partial charge in [0.25, 0.3) is 0 Å². The van der Waals surface area contributed by atoms with Crippen molar-refractivity contribution in [3.05, 3.63) is 17.5 Å². The van der Waals surface area contributed by atoms with Gasteiger partial charge in [0.15, 0.2) is 0 Å². The van der Waals surface area contributed by atoms with Crippen LogP contribution in [0.3, 0.4) is 0 Å². The van der Waals surface area contributed by atoms with Crippen molar-refractivity contribution < 1.29 is 9.90 Å². The second-order valence-electron chi connectivity index (χ2n) is 5.25. The van der Waals surface area contributed by atoms with Crippen LogP contribution in [0.15, 0.2) is 6.20 Å². The lowest BCUT2D eigenvalue weighted by atomic mass is 10.0. The van der Waals surface area contributed by atoms with Crippen LogP contribution in [0.5, 0.6) is 0 Å². The number of hydrogen-bond acceptors (Lipinski definition) is 3. The summed E-state index contributed by atoms with van der Waals surface area (Å²) in [5.74, 6) is -0.760. The third kappa shape index (κ3) is 3.15. The molecule has 1 aliphatic rings. The molecule has 0 radical (unpaired) electrons. The number of aryl methyl sites for hydroxylation is 2. The molecular weight excluding hydrogens is 242 g/mol. The van der Waals surface area contributed by atoms with Gasteiger partial charge in [-0.05, 0) is 32.4 Å². The Morgan fingerprint density at radius 2 is 2.00 bits per heavy atom. The molecule has 106 valence electrons. The van der Waals surface area contributed by atoms with Gasteiger partial charge in [-0.15, -0.1) is 0 Å². The molecular formula is C14H23N3O2. The monoisotopic (exact) mass is 265 g/mol. The minimum atomic E-state index is -0.760. The summed E-state index contributed by atoms with van der Waals surface area (Å²) in [7, 11) is 1.85. The van der Waals surface area contributed by atoms with E-state index in [1.165, 1.54) is 12.8 Å². The molecule has 0 spiro atoms. The fraction of sp³-hybridized carbons (Fsp3) is 0.714. The van der Waals surface area contributed by atoms with Gasteiger partial charge < -0.3 is 5.11 Å². The van der Waals surface area contributed by atoms with Gasteiger partial charge in [0.2, 0.25) is 0 Å². The Kier molecular flexibility index (Phi) is 4.58. The smallest absolute Gasteiger partial charge is 0.325 e. The van der Waals surface area contributed by atoms with Gasteiger partial charge in [0, 0.05) is 18.8 Å². The molecule has 19 heavy (non-hydrogen) atoms. The molecule has 0 amide bonds. The number of aliphatic carboxylic acids is 1. The van der Waals surface area contributed by atoms with Crippen LogP contribution < -0.4 is 0 Å². The van der Waals surface area contributed by atoms with Gasteiger partial charge in [-0.25, -0.2) is 0 Å². The quantitative estimate of drug-likeness (QED) is 0.904. The Labute approximate surface area is 114 Å². The molecule has 2 heterocycles. The van der Waals surface area contributed by atoms with Gasteiger partial charge >= 0.3 is 5.97 Å². The first-order chi connectivity index (χ1) is 9.13. The number of hydrogen-bond donors (Lipinski definition) is 1. The van der Waals surface area contributed by atoms with Crippen LogP contribution >= 0.6 is 0 Å². The Morgan fingerprint density at radius 1 is 1.37 bits per heavy atom. The minimum absolute atomic E-state index is 0.540. The van der Waals surface area contributed by atoms with Crippen molar-refractivity contribution in [3.63, 3.8) is 0 Å². The van der Waals surface area contributed by atoms with Gasteiger partial charge in [0.05, 0.1) is 5.69 Å². The topological polar surface area (TPSA) is 58.4 Å². The van der Waals surface area contributed by atoms with Crippen molar-refractivity contribution in [3.8, 4) is 0 Å². The molecule has 0 bridgehead atoms. The number of carboxylic acids is 1. The fourth-order valence-electron chi connectivity index (χ4n) is 2.90. The van der Waals surface area contributed by atoms with E-state index >= 15 is 0 Å². The third-order valence-electron chi connectivity index (χ3n) is 3.81. The summed E-state index contributed by atoms with van der Waals surface area (Å²) in [5.41, 5.74) is 1.76. The fourth-order valence-corrected chi connectivity index (χ4v) is 2.90. The van der Waals surface area contributed by atoms with Crippen molar-refractivity contribution >= 4 is 5.97 Å². The van der Waals surface area contributed by atoms with Crippen molar-refractivity contribution in [1.29, 1.82) is 0 Å². The van der Waals surface area contributed by atoms with Crippen molar-refractivity contribution in [2.75, 3.05) is 13.1 Å². The Balaban J connectivity index is 2.30. The maximum absolute atomic E-state index is 11.7. The molecule has 1 unspecified atom stereocenters. The average molecular weight is 265 g/mol. The Bertz CT molecular complexity index is 434. The van der Waals surface area contributed by atoms with Crippen LogP contribution in [0.4, 0.5) is 0 Å². The molecule has 1 aliphatic heterocycles. The molecule has 0 saturated carbocycles. The number of aromatic nitrogens is 2. The maximum Gasteiger partial charge on any atom is 0.325 e. The van der Waals surface area contributed by atoms with Gasteiger partial charge in [0.1, 0.15) is 6.04 Å². The molecule has 5 heteroatoms. The normalized spacial score (nSPS) is 19.1. The average Bonchev–Trinajstić information content (AvgIpc) is 2.58. The van der Waals surface area contributed by atoms with Crippen LogP contribution in [-0.4, -0.2) is 38.8 Å². The van der Waals surface area contributed by atoms with E-state index in [1.807, 2.05) is 20.2 Å². The standard InChI is InChI=1S/C14H23N3O2/c1-3-12-11(10-16(2)15-12)13(14(18)19)17-8-6-4-5-7-9-17/h10,13H,3-9H2,1-2H3,(H,18,19). The van der Waals surface area contributed by atoms with E-state index in [-0.39, 0.29) is 0 Å². The Morgan fingerprint density at radius 3 is 2.53 bits per heavy atom. The van der Waals surface area contributed by atoms with Crippen LogP contribution in [-0.2, 0) is 18.3 Å². The second kappa shape index (κ2) is 6.19. The highest BCUT2D eigenvalue weighted by molar-refractivity contribution is 5.75. The summed E-state index contributed by atoms with van der Waals surface area (Å²) >= 11 is 0. The first-order valence-corrected chi connectivity index (χ1v) is 7.12. The number of nitrogens with zero attached hydrogens (tertiary/aromatic N) is 3. The summed E-state index contributed by atoms with van der Waals surface area (Å²) < 4.78 is 1.72. The van der Waals surface area contributed by atoms with Crippen molar-refractivity contribution in [2.45, 2.75) is 45.1 Å². The zero-order valence-corrected chi connectivity index (χ0v) is 11.8. The van der Waals surface area contributed by atoms with Gasteiger partial charge in [-0.2, -0.15) is 5.10 Å². The van der Waals surface area contributed by atoms with Crippen LogP contribution in [0.1, 0.15) is 49.9 Å². The van der Waals surface area contributed by atoms with E-state index in [4.69, 9.17) is 0 Å². The van der Waals surface area contributed by atoms with E-state index in [1.54, 1.807) is 4.68 Å². The summed E-state index contributed by atoms with van der Waals surface area (Å²) in [5, 5.41) is 14.0. The summed E-state index contributed by atoms with van der Waals surface area (Å²) in [6, 6.07) is -0.540. The predicted octanol–water partition coefficient (Wildman–Crippen LogP) is 1.98. The summed E-state index contributed by atoms with van der Waals surface area (Å²) in [6.07, 6.45) is 7.22. The number of carboxylic acid groups (broad SMARTS) is 1. The summed E-state index contributed by atoms with van der Waals surface area (Å²) in [4.78, 5) is 13.8. The molecule has 1 fully saturated rings. The van der Waals surface area contributed by atoms with E-state index in [0.717, 1.165) is 43.6 Å². The number of likely N-dealkylation sites (tertiary alicyclic amines) is 1. The van der Waals surface area contributed by atoms with E-state index in [9.17, 15) is 9.90 Å². The number of rotatable bonds is 4. The second-order valence-corrected chi connectivity index (χ2v) is 5.25. The molecule has 1 aromatic rings. The zero-order chi connectivity index (χ0) is 13.8. The molecule has 1 saturated heterocycles. The van der Waals surface area contributed by atoms with Crippen LogP contribution in [0.25, 0.3) is 0 Å². The van der Waals surface area contributed by atoms with Crippen molar-refractivity contribution in [2.24, 2.45) is 7.05 Å². The van der Waals surface area contributed by atoms with Crippen molar-refractivity contribution in [1.82, 2.24) is 14.7 Å². The molecule has 2 rings (SSSR count). The lowest BCUT2D eigenvalue weighted by Crippen LogP contribution is -2.35. The van der Waals surface area contributed by atoms with Gasteiger partial charge in [-0.3, -0.25) is 14.4 Å². The van der Waals surface area contributed by atoms with Gasteiger partial charge in [-0.1, -0.05) is 19.8 Å². The lowest BCUT2D eigenvalue weighted by molar-refractivity contribution is -0.143. The van der Waals surface area contributed by atoms with E-state index < -0.39 is 12.0 Å². The highest BCUT2D eigenvalue weighted by atomic mass is 16.4. The highest BCUT2D eigenvalue weighted by Crippen LogP contribution is 2.27. The number of carbonyl (C=O) groups is 1. The minimum Gasteiger partial charge on any atom is -0.480 e. The highest BCUT2D eigenvalue weighted by Gasteiger charge is 2.30. The molecule has 0 aliphatic carbocycles. The predicted molar refractivity (Wildman–Crippen MR) is 73.0 cm³/mol. The van der Waals surface area contributed by atoms with E-state index in [0.29, 0.717) is 0 Å². The molecule has 5 nitrogen and oxygen atoms in total. The largest absolute Gasteiger partial charge is 0.480 e. The molecule has 1 N–H and O–H groups in total. The third-order valence-corrected chi connectivity index (χ3v) is 3.81. The first kappa shape index (κ1) is 14.1. The molecule has 1 atom stereocenters. The van der Waals surface area contributed by atoms with E-state index in [2.05, 4.69) is 10.00 Å². The van der Waals surface area contributed by atoms with Crippen LogP contribution in [0, 0.1) is 0 Å². The zero-order valence-electron chi connectivity index (χ0n) is 11.8. The first-order valence-electron chi connectivity index (χ1n) is 7.12. The molecule has 0 aromatic carbocycles. The Hall–Kier alpha value is -1.36. The summed E-state index contributed by atoms with van der Waals surface area (Å²) in [6.45, 7) is 3.76. The van der Waals surface area contributed by atoms with Crippen LogP contribution in [0.2, 0.25) is 0 Å². The maximum atomic E-state index is 11.7. The SMILES string of the molecule is CCc1nn(C)cc1C(C(=O)O)N1CCCCCC1.